The standard InChI is InChI=1S/C9H8O3S/c10-9(11)7-5-13-8-4-2-1-3-6(8)12-7/h1-4,7H,5H2,(H,10,11)/p-1. The van der Waals surface area contributed by atoms with Crippen LogP contribution in [0.1, 0.15) is 0 Å². The predicted octanol–water partition coefficient (Wildman–Crippen LogP) is 0.290. The van der Waals surface area contributed by atoms with E-state index in [9.17, 15) is 9.90 Å². The van der Waals surface area contributed by atoms with E-state index in [1.165, 1.54) is 11.8 Å². The van der Waals surface area contributed by atoms with Gasteiger partial charge in [0.15, 0.2) is 0 Å². The van der Waals surface area contributed by atoms with Gasteiger partial charge in [-0.15, -0.1) is 11.8 Å². The van der Waals surface area contributed by atoms with E-state index in [1.54, 1.807) is 6.07 Å². The van der Waals surface area contributed by atoms with E-state index < -0.39 is 12.1 Å². The van der Waals surface area contributed by atoms with Gasteiger partial charge in [-0.3, -0.25) is 0 Å². The highest BCUT2D eigenvalue weighted by atomic mass is 32.2. The average molecular weight is 195 g/mol. The van der Waals surface area contributed by atoms with Gasteiger partial charge in [-0.1, -0.05) is 12.1 Å². The van der Waals surface area contributed by atoms with Gasteiger partial charge in [0.05, 0.1) is 5.97 Å². The van der Waals surface area contributed by atoms with Crippen LogP contribution in [0.3, 0.4) is 0 Å². The number of para-hydroxylation sites is 1. The second-order valence-electron chi connectivity index (χ2n) is 2.68. The Labute approximate surface area is 79.7 Å². The molecule has 1 aromatic rings. The van der Waals surface area contributed by atoms with Crippen LogP contribution in [-0.2, 0) is 4.79 Å². The van der Waals surface area contributed by atoms with Gasteiger partial charge < -0.3 is 14.6 Å². The van der Waals surface area contributed by atoms with Gasteiger partial charge >= 0.3 is 0 Å². The molecule has 0 spiro atoms. The van der Waals surface area contributed by atoms with Crippen molar-refractivity contribution in [1.82, 2.24) is 0 Å². The lowest BCUT2D eigenvalue weighted by atomic mass is 10.3. The Balaban J connectivity index is 2.24. The lowest BCUT2D eigenvalue weighted by Crippen LogP contribution is -2.42. The summed E-state index contributed by atoms with van der Waals surface area (Å²) in [6.07, 6.45) is -0.820. The van der Waals surface area contributed by atoms with Crippen molar-refractivity contribution in [2.75, 3.05) is 5.75 Å². The predicted molar refractivity (Wildman–Crippen MR) is 46.6 cm³/mol. The van der Waals surface area contributed by atoms with E-state index in [-0.39, 0.29) is 0 Å². The minimum atomic E-state index is -1.15. The van der Waals surface area contributed by atoms with Crippen molar-refractivity contribution in [3.63, 3.8) is 0 Å². The molecule has 2 rings (SSSR count). The van der Waals surface area contributed by atoms with Crippen LogP contribution < -0.4 is 9.84 Å². The van der Waals surface area contributed by atoms with Crippen molar-refractivity contribution in [3.8, 4) is 5.75 Å². The number of carbonyl (C=O) groups is 1. The van der Waals surface area contributed by atoms with Gasteiger partial charge in [0.25, 0.3) is 0 Å². The highest BCUT2D eigenvalue weighted by Gasteiger charge is 2.20. The number of carboxylic acid groups (broad SMARTS) is 1. The van der Waals surface area contributed by atoms with Crippen LogP contribution in [0, 0.1) is 0 Å². The monoisotopic (exact) mass is 195 g/mol. The van der Waals surface area contributed by atoms with Crippen molar-refractivity contribution in [2.24, 2.45) is 0 Å². The lowest BCUT2D eigenvalue weighted by Gasteiger charge is -2.25. The topological polar surface area (TPSA) is 49.4 Å². The van der Waals surface area contributed by atoms with Crippen molar-refractivity contribution < 1.29 is 14.6 Å². The molecule has 0 saturated heterocycles. The normalized spacial score (nSPS) is 20.2. The van der Waals surface area contributed by atoms with Crippen molar-refractivity contribution >= 4 is 17.7 Å². The number of thioether (sulfide) groups is 1. The number of hydrogen-bond donors (Lipinski definition) is 0. The molecule has 0 aromatic heterocycles. The minimum absolute atomic E-state index is 0.416. The summed E-state index contributed by atoms with van der Waals surface area (Å²) < 4.78 is 5.21. The van der Waals surface area contributed by atoms with Gasteiger partial charge in [0.2, 0.25) is 0 Å². The molecule has 0 aliphatic carbocycles. The minimum Gasteiger partial charge on any atom is -0.546 e. The molecule has 4 heteroatoms. The number of benzene rings is 1. The summed E-state index contributed by atoms with van der Waals surface area (Å²) in [6, 6.07) is 7.38. The molecule has 1 heterocycles. The molecule has 3 nitrogen and oxygen atoms in total. The van der Waals surface area contributed by atoms with Crippen LogP contribution in [-0.4, -0.2) is 17.8 Å². The number of ether oxygens (including phenoxy) is 1. The zero-order valence-electron chi connectivity index (χ0n) is 6.73. The van der Waals surface area contributed by atoms with Gasteiger partial charge in [-0.05, 0) is 12.1 Å². The number of aliphatic carboxylic acids is 1. The van der Waals surface area contributed by atoms with Crippen LogP contribution in [0.15, 0.2) is 29.2 Å². The van der Waals surface area contributed by atoms with E-state index in [2.05, 4.69) is 0 Å². The Bertz CT molecular complexity index is 337. The number of rotatable bonds is 1. The smallest absolute Gasteiger partial charge is 0.147 e. The van der Waals surface area contributed by atoms with Gasteiger partial charge in [-0.2, -0.15) is 0 Å². The molecule has 1 aliphatic heterocycles. The molecule has 0 N–H and O–H groups in total. The number of carbonyl (C=O) groups excluding carboxylic acids is 1. The second kappa shape index (κ2) is 3.30. The molecule has 1 atom stereocenters. The fourth-order valence-electron chi connectivity index (χ4n) is 1.14. The Morgan fingerprint density at radius 2 is 2.31 bits per heavy atom. The van der Waals surface area contributed by atoms with E-state index in [4.69, 9.17) is 4.74 Å². The molecule has 1 unspecified atom stereocenters. The summed E-state index contributed by atoms with van der Waals surface area (Å²) in [5, 5.41) is 10.5. The van der Waals surface area contributed by atoms with Crippen molar-refractivity contribution in [2.45, 2.75) is 11.0 Å². The summed E-state index contributed by atoms with van der Waals surface area (Å²) in [6.45, 7) is 0. The molecular weight excluding hydrogens is 188 g/mol. The number of carboxylic acids is 1. The largest absolute Gasteiger partial charge is 0.546 e. The first-order chi connectivity index (χ1) is 6.27. The maximum atomic E-state index is 10.5. The molecule has 13 heavy (non-hydrogen) atoms. The van der Waals surface area contributed by atoms with Crippen LogP contribution in [0.4, 0.5) is 0 Å². The summed E-state index contributed by atoms with van der Waals surface area (Å²) in [5.41, 5.74) is 0. The molecule has 0 saturated carbocycles. The quantitative estimate of drug-likeness (QED) is 0.646. The Morgan fingerprint density at radius 3 is 3.08 bits per heavy atom. The molecule has 0 amide bonds. The summed E-state index contributed by atoms with van der Waals surface area (Å²) in [7, 11) is 0. The first-order valence-electron chi connectivity index (χ1n) is 3.87. The molecule has 1 aliphatic rings. The Morgan fingerprint density at radius 1 is 1.54 bits per heavy atom. The molecule has 0 fully saturated rings. The number of hydrogen-bond acceptors (Lipinski definition) is 4. The van der Waals surface area contributed by atoms with Gasteiger partial charge in [-0.25, -0.2) is 0 Å². The van der Waals surface area contributed by atoms with Gasteiger partial charge in [0.1, 0.15) is 11.9 Å². The molecule has 68 valence electrons. The molecule has 0 bridgehead atoms. The first-order valence-corrected chi connectivity index (χ1v) is 4.85. The molecule has 1 aromatic carbocycles. The Hall–Kier alpha value is -1.16. The van der Waals surface area contributed by atoms with Crippen molar-refractivity contribution in [1.29, 1.82) is 0 Å². The second-order valence-corrected chi connectivity index (χ2v) is 3.75. The van der Waals surface area contributed by atoms with Crippen LogP contribution in [0.5, 0.6) is 5.75 Å². The summed E-state index contributed by atoms with van der Waals surface area (Å²) in [5.74, 6) is -0.103. The van der Waals surface area contributed by atoms with E-state index in [0.717, 1.165) is 4.90 Å². The third-order valence-electron chi connectivity index (χ3n) is 1.77. The zero-order chi connectivity index (χ0) is 9.26. The fourth-order valence-corrected chi connectivity index (χ4v) is 2.10. The maximum Gasteiger partial charge on any atom is 0.147 e. The third-order valence-corrected chi connectivity index (χ3v) is 2.89. The average Bonchev–Trinajstić information content (AvgIpc) is 2.17. The SMILES string of the molecule is O=C([O-])C1CSc2ccccc2O1. The summed E-state index contributed by atoms with van der Waals surface area (Å²) in [4.78, 5) is 11.5. The zero-order valence-corrected chi connectivity index (χ0v) is 7.54. The van der Waals surface area contributed by atoms with Crippen LogP contribution in [0.2, 0.25) is 0 Å². The van der Waals surface area contributed by atoms with Gasteiger partial charge in [0, 0.05) is 10.6 Å². The fraction of sp³-hybridized carbons (Fsp3) is 0.222. The number of fused-ring (bicyclic) bond motifs is 1. The van der Waals surface area contributed by atoms with E-state index in [0.29, 0.717) is 11.5 Å². The van der Waals surface area contributed by atoms with Crippen molar-refractivity contribution in [3.05, 3.63) is 24.3 Å². The lowest BCUT2D eigenvalue weighted by molar-refractivity contribution is -0.312. The third kappa shape index (κ3) is 1.62. The highest BCUT2D eigenvalue weighted by Crippen LogP contribution is 2.34. The van der Waals surface area contributed by atoms with Crippen LogP contribution in [0.25, 0.3) is 0 Å². The van der Waals surface area contributed by atoms with E-state index in [1.807, 2.05) is 18.2 Å². The molecular formula is C9H7O3S-. The maximum absolute atomic E-state index is 10.5. The summed E-state index contributed by atoms with van der Waals surface area (Å²) >= 11 is 1.48. The van der Waals surface area contributed by atoms with E-state index >= 15 is 0 Å². The first kappa shape index (κ1) is 8.44. The Kier molecular flexibility index (Phi) is 2.14. The highest BCUT2D eigenvalue weighted by molar-refractivity contribution is 7.99. The molecule has 0 radical (unpaired) electrons. The van der Waals surface area contributed by atoms with Crippen LogP contribution >= 0.6 is 11.8 Å².